The Kier molecular flexibility index (Phi) is 10.1. The van der Waals surface area contributed by atoms with E-state index >= 15 is 0 Å². The predicted octanol–water partition coefficient (Wildman–Crippen LogP) is 16.5. The molecule has 0 fully saturated rings. The second-order valence-corrected chi connectivity index (χ2v) is 16.1. The smallest absolute Gasteiger partial charge is 0.0714 e. The van der Waals surface area contributed by atoms with E-state index in [2.05, 4.69) is 288 Å². The highest BCUT2D eigenvalue weighted by atomic mass is 15.2. The summed E-state index contributed by atoms with van der Waals surface area (Å²) in [7, 11) is 0. The van der Waals surface area contributed by atoms with E-state index in [1.165, 1.54) is 33.4 Å². The summed E-state index contributed by atoms with van der Waals surface area (Å²) in [6.45, 7) is 0. The van der Waals surface area contributed by atoms with Crippen molar-refractivity contribution in [2.24, 2.45) is 0 Å². The summed E-state index contributed by atoms with van der Waals surface area (Å²) in [5.74, 6) is 0. The van der Waals surface area contributed by atoms with Gasteiger partial charge < -0.3 is 14.7 Å². The van der Waals surface area contributed by atoms with Gasteiger partial charge in [0.15, 0.2) is 0 Å². The van der Waals surface area contributed by atoms with Gasteiger partial charge in [-0.3, -0.25) is 0 Å². The lowest BCUT2D eigenvalue weighted by Gasteiger charge is -2.35. The summed E-state index contributed by atoms with van der Waals surface area (Å²) in [5.41, 5.74) is 16.6. The lowest BCUT2D eigenvalue weighted by Crippen LogP contribution is -2.28. The van der Waals surface area contributed by atoms with E-state index in [9.17, 15) is 0 Å². The van der Waals surface area contributed by atoms with Crippen LogP contribution in [0.1, 0.15) is 22.3 Å². The van der Waals surface area contributed by atoms with Crippen LogP contribution in [-0.4, -0.2) is 0 Å². The average Bonchev–Trinajstić information content (AvgIpc) is 3.67. The normalized spacial score (nSPS) is 12.2. The number of benzene rings is 10. The number of hydrogen-bond acceptors (Lipinski definition) is 3. The Bertz CT molecular complexity index is 2910. The highest BCUT2D eigenvalue weighted by Gasteiger charge is 2.46. The van der Waals surface area contributed by atoms with Crippen LogP contribution < -0.4 is 14.7 Å². The average molecular weight is 820 g/mol. The molecule has 1 aliphatic rings. The van der Waals surface area contributed by atoms with Gasteiger partial charge >= 0.3 is 0 Å². The Hall–Kier alpha value is -8.40. The Morgan fingerprint density at radius 3 is 0.906 bits per heavy atom. The van der Waals surface area contributed by atoms with Crippen molar-refractivity contribution in [2.75, 3.05) is 14.7 Å². The van der Waals surface area contributed by atoms with E-state index in [0.29, 0.717) is 0 Å². The van der Waals surface area contributed by atoms with Crippen LogP contribution >= 0.6 is 0 Å². The van der Waals surface area contributed by atoms with E-state index in [4.69, 9.17) is 0 Å². The van der Waals surface area contributed by atoms with Gasteiger partial charge in [-0.15, -0.1) is 0 Å². The largest absolute Gasteiger partial charge is 0.310 e. The molecule has 0 aromatic heterocycles. The minimum Gasteiger partial charge on any atom is -0.310 e. The van der Waals surface area contributed by atoms with Crippen molar-refractivity contribution in [1.82, 2.24) is 0 Å². The van der Waals surface area contributed by atoms with Gasteiger partial charge in [-0.2, -0.15) is 0 Å². The maximum Gasteiger partial charge on any atom is 0.0714 e. The summed E-state index contributed by atoms with van der Waals surface area (Å²) < 4.78 is 0. The predicted molar refractivity (Wildman–Crippen MR) is 268 cm³/mol. The molecule has 10 aromatic rings. The van der Waals surface area contributed by atoms with Gasteiger partial charge in [-0.1, -0.05) is 176 Å². The van der Waals surface area contributed by atoms with Crippen molar-refractivity contribution in [3.05, 3.63) is 295 Å². The first-order chi connectivity index (χ1) is 31.8. The van der Waals surface area contributed by atoms with Crippen LogP contribution in [-0.2, 0) is 5.41 Å². The zero-order valence-electron chi connectivity index (χ0n) is 35.3. The van der Waals surface area contributed by atoms with Gasteiger partial charge in [-0.25, -0.2) is 0 Å². The maximum atomic E-state index is 2.45. The molecule has 0 bridgehead atoms. The van der Waals surface area contributed by atoms with Gasteiger partial charge in [0.05, 0.1) is 5.41 Å². The second kappa shape index (κ2) is 16.8. The number of para-hydroxylation sites is 4. The van der Waals surface area contributed by atoms with Gasteiger partial charge in [0.1, 0.15) is 0 Å². The molecule has 0 spiro atoms. The lowest BCUT2D eigenvalue weighted by molar-refractivity contribution is 0.768. The van der Waals surface area contributed by atoms with Crippen LogP contribution in [0.25, 0.3) is 11.1 Å². The van der Waals surface area contributed by atoms with Gasteiger partial charge in [-0.05, 0) is 130 Å². The Morgan fingerprint density at radius 2 is 0.500 bits per heavy atom. The summed E-state index contributed by atoms with van der Waals surface area (Å²) >= 11 is 0. The molecule has 10 aromatic carbocycles. The fourth-order valence-electron chi connectivity index (χ4n) is 9.76. The van der Waals surface area contributed by atoms with Crippen LogP contribution in [0, 0.1) is 0 Å². The SMILES string of the molecule is c1ccc(N(c2ccccc2)c2cccc(N(c3cccc(N(c4ccccc4)c4ccccc4)c3)c3ccc4c(c3)C(c3ccccc3)(c3ccccc3)c3ccccc3-4)c2)cc1. The fraction of sp³-hybridized carbons (Fsp3) is 0.0164. The third kappa shape index (κ3) is 6.81. The summed E-state index contributed by atoms with van der Waals surface area (Å²) in [4.78, 5) is 7.10. The Morgan fingerprint density at radius 1 is 0.203 bits per heavy atom. The van der Waals surface area contributed by atoms with Crippen LogP contribution in [0.15, 0.2) is 273 Å². The van der Waals surface area contributed by atoms with Crippen LogP contribution in [0.5, 0.6) is 0 Å². The minimum atomic E-state index is -0.547. The van der Waals surface area contributed by atoms with Crippen molar-refractivity contribution in [1.29, 1.82) is 0 Å². The molecular weight excluding hydrogens is 775 g/mol. The monoisotopic (exact) mass is 819 g/mol. The molecule has 304 valence electrons. The quantitative estimate of drug-likeness (QED) is 0.129. The third-order valence-corrected chi connectivity index (χ3v) is 12.5. The van der Waals surface area contributed by atoms with E-state index < -0.39 is 5.41 Å². The molecule has 0 saturated carbocycles. The number of nitrogens with zero attached hydrogens (tertiary/aromatic N) is 3. The van der Waals surface area contributed by atoms with Crippen LogP contribution in [0.4, 0.5) is 51.2 Å². The molecule has 11 rings (SSSR count). The molecule has 0 saturated heterocycles. The molecular formula is C61H45N3. The minimum absolute atomic E-state index is 0.547. The summed E-state index contributed by atoms with van der Waals surface area (Å²) in [6, 6.07) is 98.6. The van der Waals surface area contributed by atoms with E-state index in [1.807, 2.05) is 0 Å². The first-order valence-corrected chi connectivity index (χ1v) is 21.9. The summed E-state index contributed by atoms with van der Waals surface area (Å²) in [6.07, 6.45) is 0. The number of anilines is 9. The first-order valence-electron chi connectivity index (χ1n) is 21.9. The van der Waals surface area contributed by atoms with Crippen molar-refractivity contribution in [3.8, 4) is 11.1 Å². The Balaban J connectivity index is 1.16. The number of hydrogen-bond donors (Lipinski definition) is 0. The molecule has 0 radical (unpaired) electrons. The molecule has 3 heteroatoms. The van der Waals surface area contributed by atoms with Crippen molar-refractivity contribution in [2.45, 2.75) is 5.41 Å². The molecule has 0 atom stereocenters. The lowest BCUT2D eigenvalue weighted by atomic mass is 9.67. The van der Waals surface area contributed by atoms with Crippen molar-refractivity contribution >= 4 is 51.2 Å². The van der Waals surface area contributed by atoms with Gasteiger partial charge in [0, 0.05) is 51.2 Å². The van der Waals surface area contributed by atoms with Crippen molar-refractivity contribution < 1.29 is 0 Å². The number of fused-ring (bicyclic) bond motifs is 3. The third-order valence-electron chi connectivity index (χ3n) is 12.5. The van der Waals surface area contributed by atoms with E-state index in [-0.39, 0.29) is 0 Å². The molecule has 0 N–H and O–H groups in total. The van der Waals surface area contributed by atoms with E-state index in [0.717, 1.165) is 51.2 Å². The van der Waals surface area contributed by atoms with Gasteiger partial charge in [0.2, 0.25) is 0 Å². The van der Waals surface area contributed by atoms with Crippen LogP contribution in [0.2, 0.25) is 0 Å². The van der Waals surface area contributed by atoms with Crippen molar-refractivity contribution in [3.63, 3.8) is 0 Å². The van der Waals surface area contributed by atoms with Crippen LogP contribution in [0.3, 0.4) is 0 Å². The number of rotatable bonds is 11. The summed E-state index contributed by atoms with van der Waals surface area (Å²) in [5, 5.41) is 0. The first kappa shape index (κ1) is 38.5. The molecule has 3 nitrogen and oxygen atoms in total. The second-order valence-electron chi connectivity index (χ2n) is 16.1. The molecule has 0 heterocycles. The standard InChI is InChI=1S/C61H45N3/c1-7-23-46(24-8-1)61(47-25-9-2-10-26-47)59-40-20-19-39-57(59)58-42-41-56(45-60(58)61)64(54-37-21-35-52(43-54)62(48-27-11-3-12-28-48)49-29-13-4-14-30-49)55-38-22-36-53(44-55)63(50-31-15-5-16-32-50)51-33-17-6-18-34-51/h1-45H. The zero-order valence-corrected chi connectivity index (χ0v) is 35.3. The highest BCUT2D eigenvalue weighted by Crippen LogP contribution is 2.57. The maximum absolute atomic E-state index is 2.45. The Labute approximate surface area is 376 Å². The molecule has 0 amide bonds. The highest BCUT2D eigenvalue weighted by molar-refractivity contribution is 5.91. The molecule has 0 aliphatic heterocycles. The van der Waals surface area contributed by atoms with Gasteiger partial charge in [0.25, 0.3) is 0 Å². The molecule has 0 unspecified atom stereocenters. The zero-order chi connectivity index (χ0) is 42.7. The van der Waals surface area contributed by atoms with E-state index in [1.54, 1.807) is 0 Å². The fourth-order valence-corrected chi connectivity index (χ4v) is 9.76. The molecule has 1 aliphatic carbocycles. The molecule has 64 heavy (non-hydrogen) atoms. The topological polar surface area (TPSA) is 9.72 Å².